The van der Waals surface area contributed by atoms with E-state index in [4.69, 9.17) is 27.6 Å². The van der Waals surface area contributed by atoms with Gasteiger partial charge in [0.1, 0.15) is 12.3 Å². The number of carbonyl (C=O) groups is 2. The van der Waals surface area contributed by atoms with Crippen LogP contribution in [0.25, 0.3) is 11.5 Å². The minimum absolute atomic E-state index is 0.106. The lowest BCUT2D eigenvalue weighted by Gasteiger charge is -2.21. The number of carbonyl (C=O) groups excluding carboxylic acids is 2. The molecule has 0 saturated heterocycles. The Balaban J connectivity index is 1.74. The molecule has 2 heterocycles. The number of hydrogen-bond acceptors (Lipinski definition) is 6. The van der Waals surface area contributed by atoms with Gasteiger partial charge < -0.3 is 9.52 Å². The summed E-state index contributed by atoms with van der Waals surface area (Å²) in [4.78, 5) is 26.1. The molecule has 0 spiro atoms. The van der Waals surface area contributed by atoms with Gasteiger partial charge in [0.05, 0.1) is 10.7 Å². The number of fused-ring (bicyclic) bond motifs is 1. The molecule has 0 fully saturated rings. The lowest BCUT2D eigenvalue weighted by molar-refractivity contribution is -0.141. The third-order valence-corrected chi connectivity index (χ3v) is 5.27. The quantitative estimate of drug-likeness (QED) is 0.660. The minimum atomic E-state index is -2.11. The van der Waals surface area contributed by atoms with E-state index in [-0.39, 0.29) is 39.5 Å². The fourth-order valence-corrected chi connectivity index (χ4v) is 4.02. The Morgan fingerprint density at radius 1 is 1.14 bits per heavy atom. The fraction of sp³-hybridized carbons (Fsp3) is 0.200. The highest BCUT2D eigenvalue weighted by Gasteiger charge is 2.53. The molecular weight excluding hydrogens is 417 g/mol. The number of amides is 1. The van der Waals surface area contributed by atoms with E-state index in [1.165, 1.54) is 24.0 Å². The van der Waals surface area contributed by atoms with Crippen molar-refractivity contribution in [2.45, 2.75) is 25.5 Å². The number of aromatic nitrogens is 2. The Bertz CT molecular complexity index is 1120. The van der Waals surface area contributed by atoms with Gasteiger partial charge in [0, 0.05) is 22.6 Å². The van der Waals surface area contributed by atoms with Crippen LogP contribution in [-0.2, 0) is 21.7 Å². The van der Waals surface area contributed by atoms with Gasteiger partial charge in [-0.3, -0.25) is 14.5 Å². The van der Waals surface area contributed by atoms with Gasteiger partial charge in [-0.15, -0.1) is 10.2 Å². The highest BCUT2D eigenvalue weighted by molar-refractivity contribution is 6.38. The van der Waals surface area contributed by atoms with Gasteiger partial charge >= 0.3 is 0 Å². The molecule has 3 aromatic rings. The number of benzene rings is 2. The first-order valence-corrected chi connectivity index (χ1v) is 9.47. The highest BCUT2D eigenvalue weighted by atomic mass is 35.5. The highest BCUT2D eigenvalue weighted by Crippen LogP contribution is 2.50. The Morgan fingerprint density at radius 2 is 1.83 bits per heavy atom. The molecule has 0 aliphatic carbocycles. The zero-order chi connectivity index (χ0) is 20.8. The number of halogens is 2. The van der Waals surface area contributed by atoms with Crippen LogP contribution in [0.2, 0.25) is 10.0 Å². The van der Waals surface area contributed by atoms with Gasteiger partial charge in [-0.05, 0) is 31.2 Å². The van der Waals surface area contributed by atoms with Gasteiger partial charge in [0.2, 0.25) is 11.8 Å². The maximum atomic E-state index is 13.1. The summed E-state index contributed by atoms with van der Waals surface area (Å²) in [5, 5.41) is 19.4. The van der Waals surface area contributed by atoms with Crippen molar-refractivity contribution in [3.63, 3.8) is 0 Å². The van der Waals surface area contributed by atoms with Crippen LogP contribution in [0.15, 0.2) is 46.9 Å². The molecule has 29 heavy (non-hydrogen) atoms. The summed E-state index contributed by atoms with van der Waals surface area (Å²) in [6.45, 7) is 1.15. The number of aliphatic hydroxyl groups is 1. The van der Waals surface area contributed by atoms with Crippen molar-refractivity contribution in [2.24, 2.45) is 0 Å². The van der Waals surface area contributed by atoms with Crippen molar-refractivity contribution < 1.29 is 19.1 Å². The van der Waals surface area contributed by atoms with Crippen LogP contribution in [-0.4, -0.2) is 27.0 Å². The van der Waals surface area contributed by atoms with Gasteiger partial charge in [-0.1, -0.05) is 41.4 Å². The molecule has 148 valence electrons. The molecule has 1 aliphatic heterocycles. The van der Waals surface area contributed by atoms with Crippen LogP contribution in [0.4, 0.5) is 5.69 Å². The molecule has 2 aromatic carbocycles. The van der Waals surface area contributed by atoms with Gasteiger partial charge in [0.25, 0.3) is 5.91 Å². The summed E-state index contributed by atoms with van der Waals surface area (Å²) in [6.07, 6.45) is -0.422. The normalized spacial score (nSPS) is 18.2. The second-order valence-corrected chi connectivity index (χ2v) is 7.56. The number of anilines is 1. The van der Waals surface area contributed by atoms with Gasteiger partial charge in [-0.25, -0.2) is 0 Å². The van der Waals surface area contributed by atoms with Crippen molar-refractivity contribution in [1.82, 2.24) is 10.2 Å². The van der Waals surface area contributed by atoms with Crippen LogP contribution in [0.1, 0.15) is 24.8 Å². The first kappa shape index (κ1) is 19.6. The Kier molecular flexibility index (Phi) is 4.90. The Labute approximate surface area is 175 Å². The molecule has 0 bridgehead atoms. The van der Waals surface area contributed by atoms with E-state index >= 15 is 0 Å². The molecule has 9 heteroatoms. The maximum absolute atomic E-state index is 13.1. The predicted molar refractivity (Wildman–Crippen MR) is 107 cm³/mol. The molecule has 7 nitrogen and oxygen atoms in total. The van der Waals surface area contributed by atoms with Crippen molar-refractivity contribution >= 4 is 40.6 Å². The topological polar surface area (TPSA) is 96.5 Å². The third kappa shape index (κ3) is 3.31. The van der Waals surface area contributed by atoms with Crippen molar-refractivity contribution in [3.8, 4) is 11.5 Å². The van der Waals surface area contributed by atoms with Gasteiger partial charge in [-0.2, -0.15) is 0 Å². The largest absolute Gasteiger partial charge is 0.419 e. The van der Waals surface area contributed by atoms with Crippen molar-refractivity contribution in [1.29, 1.82) is 0 Å². The standard InChI is InChI=1S/C20H15Cl2N3O4/c1-11(26)9-20(28)16-13(21)7-8-14(22)17(16)25(19(20)27)10-15-23-24-18(29-15)12-5-3-2-4-6-12/h2-8,28H,9-10H2,1H3. The molecule has 1 unspecified atom stereocenters. The van der Waals surface area contributed by atoms with E-state index < -0.39 is 17.9 Å². The van der Waals surface area contributed by atoms with E-state index in [1.54, 1.807) is 0 Å². The average Bonchev–Trinajstić information content (AvgIpc) is 3.23. The molecule has 1 atom stereocenters. The summed E-state index contributed by atoms with van der Waals surface area (Å²) in [6, 6.07) is 12.2. The molecule has 1 amide bonds. The Hall–Kier alpha value is -2.74. The molecular formula is C20H15Cl2N3O4. The fourth-order valence-electron chi connectivity index (χ4n) is 3.46. The second kappa shape index (κ2) is 7.26. The zero-order valence-electron chi connectivity index (χ0n) is 15.2. The predicted octanol–water partition coefficient (Wildman–Crippen LogP) is 3.76. The van der Waals surface area contributed by atoms with E-state index in [0.717, 1.165) is 5.56 Å². The molecule has 0 saturated carbocycles. The Morgan fingerprint density at radius 3 is 2.52 bits per heavy atom. The summed E-state index contributed by atoms with van der Waals surface area (Å²) in [5.74, 6) is -0.652. The monoisotopic (exact) mass is 431 g/mol. The molecule has 0 radical (unpaired) electrons. The van der Waals surface area contributed by atoms with Crippen molar-refractivity contribution in [2.75, 3.05) is 4.90 Å². The van der Waals surface area contributed by atoms with Crippen LogP contribution >= 0.6 is 23.2 Å². The van der Waals surface area contributed by atoms with Crippen LogP contribution in [0, 0.1) is 0 Å². The molecule has 1 aliphatic rings. The first-order chi connectivity index (χ1) is 13.8. The number of Topliss-reactive ketones (excluding diaryl/α,β-unsaturated/α-hetero) is 1. The van der Waals surface area contributed by atoms with Crippen LogP contribution in [0.3, 0.4) is 0 Å². The number of ketones is 1. The average molecular weight is 432 g/mol. The van der Waals surface area contributed by atoms with E-state index in [9.17, 15) is 14.7 Å². The van der Waals surface area contributed by atoms with Crippen LogP contribution < -0.4 is 4.90 Å². The summed E-state index contributed by atoms with van der Waals surface area (Å²) in [7, 11) is 0. The SMILES string of the molecule is CC(=O)CC1(O)C(=O)N(Cc2nnc(-c3ccccc3)o2)c2c(Cl)ccc(Cl)c21. The number of hydrogen-bond donors (Lipinski definition) is 1. The van der Waals surface area contributed by atoms with Crippen molar-refractivity contribution in [3.05, 3.63) is 64.0 Å². The first-order valence-electron chi connectivity index (χ1n) is 8.71. The number of nitrogens with zero attached hydrogens (tertiary/aromatic N) is 3. The number of rotatable bonds is 5. The minimum Gasteiger partial charge on any atom is -0.419 e. The second-order valence-electron chi connectivity index (χ2n) is 6.75. The molecule has 1 aromatic heterocycles. The zero-order valence-corrected chi connectivity index (χ0v) is 16.7. The van der Waals surface area contributed by atoms with E-state index in [1.807, 2.05) is 30.3 Å². The summed E-state index contributed by atoms with van der Waals surface area (Å²) < 4.78 is 5.67. The smallest absolute Gasteiger partial charge is 0.264 e. The lowest BCUT2D eigenvalue weighted by Crippen LogP contribution is -2.41. The molecule has 4 rings (SSSR count). The summed E-state index contributed by atoms with van der Waals surface area (Å²) >= 11 is 12.6. The van der Waals surface area contributed by atoms with E-state index in [0.29, 0.717) is 5.89 Å². The molecule has 1 N–H and O–H groups in total. The third-order valence-electron chi connectivity index (χ3n) is 4.65. The summed E-state index contributed by atoms with van der Waals surface area (Å²) in [5.41, 5.74) is -1.04. The lowest BCUT2D eigenvalue weighted by atomic mass is 9.90. The van der Waals surface area contributed by atoms with Gasteiger partial charge in [0.15, 0.2) is 5.60 Å². The van der Waals surface area contributed by atoms with E-state index in [2.05, 4.69) is 10.2 Å². The van der Waals surface area contributed by atoms with Crippen LogP contribution in [0.5, 0.6) is 0 Å². The maximum Gasteiger partial charge on any atom is 0.264 e.